The van der Waals surface area contributed by atoms with Crippen LogP contribution in [0.4, 0.5) is 0 Å². The lowest BCUT2D eigenvalue weighted by molar-refractivity contribution is -0.142. The Morgan fingerprint density at radius 3 is 2.07 bits per heavy atom. The molecule has 1 atom stereocenters. The second-order valence-corrected chi connectivity index (χ2v) is 6.69. The molecule has 0 aliphatic carbocycles. The van der Waals surface area contributed by atoms with Crippen molar-refractivity contribution < 1.29 is 19.1 Å². The van der Waals surface area contributed by atoms with Gasteiger partial charge in [-0.25, -0.2) is 0 Å². The minimum Gasteiger partial charge on any atom is -0.497 e. The number of nitrogens with zero attached hydrogens (tertiary/aromatic N) is 1. The highest BCUT2D eigenvalue weighted by atomic mass is 16.5. The molecule has 0 aromatic heterocycles. The number of methoxy groups -OCH3 is 1. The summed E-state index contributed by atoms with van der Waals surface area (Å²) in [4.78, 5) is 26.9. The zero-order valence-electron chi connectivity index (χ0n) is 17.6. The molecule has 0 fully saturated rings. The van der Waals surface area contributed by atoms with Crippen LogP contribution < -0.4 is 14.8 Å². The molecule has 29 heavy (non-hydrogen) atoms. The Bertz CT molecular complexity index is 788. The van der Waals surface area contributed by atoms with E-state index in [0.717, 1.165) is 17.7 Å². The summed E-state index contributed by atoms with van der Waals surface area (Å²) < 4.78 is 10.9. The number of carbonyl (C=O) groups is 2. The van der Waals surface area contributed by atoms with E-state index in [1.165, 1.54) is 5.56 Å². The van der Waals surface area contributed by atoms with Crippen LogP contribution in [0.15, 0.2) is 48.5 Å². The zero-order chi connectivity index (χ0) is 21.2. The first-order valence-electron chi connectivity index (χ1n) is 9.88. The Hall–Kier alpha value is -3.02. The quantitative estimate of drug-likeness (QED) is 0.667. The Morgan fingerprint density at radius 2 is 1.55 bits per heavy atom. The molecule has 0 spiro atoms. The van der Waals surface area contributed by atoms with Gasteiger partial charge in [-0.1, -0.05) is 38.1 Å². The van der Waals surface area contributed by atoms with Gasteiger partial charge in [0.25, 0.3) is 5.91 Å². The fourth-order valence-corrected chi connectivity index (χ4v) is 3.06. The molecule has 0 aliphatic heterocycles. The van der Waals surface area contributed by atoms with Crippen LogP contribution in [0.2, 0.25) is 0 Å². The van der Waals surface area contributed by atoms with Gasteiger partial charge in [0.15, 0.2) is 6.61 Å². The number of aryl methyl sites for hydroxylation is 1. The third kappa shape index (κ3) is 6.24. The number of nitrogens with one attached hydrogen (secondary N) is 1. The summed E-state index contributed by atoms with van der Waals surface area (Å²) in [6, 6.07) is 14.6. The maximum atomic E-state index is 13.0. The number of likely N-dealkylation sites (N-methyl/N-ethyl adjacent to an activating group) is 1. The summed E-state index contributed by atoms with van der Waals surface area (Å²) in [5, 5.41) is 2.65. The van der Waals surface area contributed by atoms with Crippen molar-refractivity contribution in [1.82, 2.24) is 10.2 Å². The maximum Gasteiger partial charge on any atom is 0.261 e. The summed E-state index contributed by atoms with van der Waals surface area (Å²) in [6.07, 6.45) is 1.45. The van der Waals surface area contributed by atoms with Crippen molar-refractivity contribution in [3.63, 3.8) is 0 Å². The van der Waals surface area contributed by atoms with Crippen LogP contribution in [0.3, 0.4) is 0 Å². The molecule has 0 heterocycles. The van der Waals surface area contributed by atoms with Crippen LogP contribution in [-0.2, 0) is 22.6 Å². The molecule has 6 nitrogen and oxygen atoms in total. The van der Waals surface area contributed by atoms with E-state index in [1.54, 1.807) is 19.1 Å². The molecule has 2 rings (SSSR count). The molecule has 1 N–H and O–H groups in total. The third-order valence-electron chi connectivity index (χ3n) is 4.84. The SMILES string of the molecule is CCc1ccc(OCC(=O)N(Cc2ccc(OC)cc2)[C@H](CC)C(=O)NC)cc1. The average molecular weight is 399 g/mol. The van der Waals surface area contributed by atoms with E-state index in [0.29, 0.717) is 18.7 Å². The Kier molecular flexibility index (Phi) is 8.52. The largest absolute Gasteiger partial charge is 0.497 e. The van der Waals surface area contributed by atoms with Crippen molar-refractivity contribution in [2.75, 3.05) is 20.8 Å². The van der Waals surface area contributed by atoms with Crippen LogP contribution in [0.1, 0.15) is 31.4 Å². The molecule has 2 amide bonds. The van der Waals surface area contributed by atoms with Crippen molar-refractivity contribution in [2.45, 2.75) is 39.3 Å². The molecule has 2 aromatic rings. The monoisotopic (exact) mass is 398 g/mol. The highest BCUT2D eigenvalue weighted by Gasteiger charge is 2.28. The van der Waals surface area contributed by atoms with Gasteiger partial charge in [-0.2, -0.15) is 0 Å². The number of rotatable bonds is 10. The van der Waals surface area contributed by atoms with E-state index in [-0.39, 0.29) is 18.4 Å². The summed E-state index contributed by atoms with van der Waals surface area (Å²) in [6.45, 7) is 4.15. The number of amides is 2. The lowest BCUT2D eigenvalue weighted by Gasteiger charge is -2.30. The van der Waals surface area contributed by atoms with Crippen molar-refractivity contribution in [3.05, 3.63) is 59.7 Å². The van der Waals surface area contributed by atoms with E-state index in [2.05, 4.69) is 12.2 Å². The van der Waals surface area contributed by atoms with Crippen LogP contribution in [0.25, 0.3) is 0 Å². The lowest BCUT2D eigenvalue weighted by atomic mass is 10.1. The van der Waals surface area contributed by atoms with Gasteiger partial charge in [-0.05, 0) is 48.2 Å². The van der Waals surface area contributed by atoms with E-state index in [1.807, 2.05) is 55.5 Å². The Labute approximate surface area is 172 Å². The van der Waals surface area contributed by atoms with Crippen LogP contribution >= 0.6 is 0 Å². The number of ether oxygens (including phenoxy) is 2. The number of benzene rings is 2. The molecular weight excluding hydrogens is 368 g/mol. The maximum absolute atomic E-state index is 13.0. The second-order valence-electron chi connectivity index (χ2n) is 6.69. The molecule has 0 radical (unpaired) electrons. The van der Waals surface area contributed by atoms with Crippen molar-refractivity contribution in [1.29, 1.82) is 0 Å². The minimum atomic E-state index is -0.569. The van der Waals surface area contributed by atoms with Crippen molar-refractivity contribution in [3.8, 4) is 11.5 Å². The summed E-state index contributed by atoms with van der Waals surface area (Å²) in [7, 11) is 3.18. The topological polar surface area (TPSA) is 67.9 Å². The van der Waals surface area contributed by atoms with E-state index >= 15 is 0 Å². The molecule has 0 saturated carbocycles. The zero-order valence-corrected chi connectivity index (χ0v) is 17.6. The lowest BCUT2D eigenvalue weighted by Crippen LogP contribution is -2.49. The molecule has 0 unspecified atom stereocenters. The molecule has 0 saturated heterocycles. The number of hydrogen-bond acceptors (Lipinski definition) is 4. The van der Waals surface area contributed by atoms with Crippen molar-refractivity contribution >= 4 is 11.8 Å². The van der Waals surface area contributed by atoms with Crippen LogP contribution in [0, 0.1) is 0 Å². The highest BCUT2D eigenvalue weighted by Crippen LogP contribution is 2.17. The van der Waals surface area contributed by atoms with Gasteiger partial charge in [0, 0.05) is 13.6 Å². The van der Waals surface area contributed by atoms with Crippen LogP contribution in [0.5, 0.6) is 11.5 Å². The van der Waals surface area contributed by atoms with Crippen molar-refractivity contribution in [2.24, 2.45) is 0 Å². The normalized spacial score (nSPS) is 11.4. The molecule has 2 aromatic carbocycles. The summed E-state index contributed by atoms with van der Waals surface area (Å²) >= 11 is 0. The second kappa shape index (κ2) is 11.1. The summed E-state index contributed by atoms with van der Waals surface area (Å²) in [5.74, 6) is 0.939. The fraction of sp³-hybridized carbons (Fsp3) is 0.391. The van der Waals surface area contributed by atoms with Gasteiger partial charge in [-0.3, -0.25) is 9.59 Å². The first kappa shape index (κ1) is 22.3. The highest BCUT2D eigenvalue weighted by molar-refractivity contribution is 5.88. The van der Waals surface area contributed by atoms with Gasteiger partial charge in [0.1, 0.15) is 17.5 Å². The minimum absolute atomic E-state index is 0.130. The molecule has 0 aliphatic rings. The summed E-state index contributed by atoms with van der Waals surface area (Å²) in [5.41, 5.74) is 2.12. The van der Waals surface area contributed by atoms with Gasteiger partial charge in [0.2, 0.25) is 5.91 Å². The first-order chi connectivity index (χ1) is 14.0. The Morgan fingerprint density at radius 1 is 0.966 bits per heavy atom. The molecule has 0 bridgehead atoms. The van der Waals surface area contributed by atoms with Gasteiger partial charge in [0.05, 0.1) is 7.11 Å². The average Bonchev–Trinajstić information content (AvgIpc) is 2.77. The standard InChI is InChI=1S/C23H30N2O4/c1-5-17-7-13-20(14-8-17)29-16-22(26)25(21(6-2)23(27)24-3)15-18-9-11-19(28-4)12-10-18/h7-14,21H,5-6,15-16H2,1-4H3,(H,24,27)/t21-/m1/s1. The van der Waals surface area contributed by atoms with Gasteiger partial charge < -0.3 is 19.7 Å². The predicted octanol–water partition coefficient (Wildman–Crippen LogP) is 3.19. The molecular formula is C23H30N2O4. The van der Waals surface area contributed by atoms with E-state index in [9.17, 15) is 9.59 Å². The first-order valence-corrected chi connectivity index (χ1v) is 9.88. The number of carbonyl (C=O) groups excluding carboxylic acids is 2. The van der Waals surface area contributed by atoms with Gasteiger partial charge >= 0.3 is 0 Å². The third-order valence-corrected chi connectivity index (χ3v) is 4.84. The fourth-order valence-electron chi connectivity index (χ4n) is 3.06. The van der Waals surface area contributed by atoms with E-state index in [4.69, 9.17) is 9.47 Å². The Balaban J connectivity index is 2.15. The van der Waals surface area contributed by atoms with Gasteiger partial charge in [-0.15, -0.1) is 0 Å². The number of hydrogen-bond donors (Lipinski definition) is 1. The van der Waals surface area contributed by atoms with Crippen LogP contribution in [-0.4, -0.2) is 43.5 Å². The molecule has 6 heteroatoms. The van der Waals surface area contributed by atoms with E-state index < -0.39 is 6.04 Å². The molecule has 156 valence electrons. The predicted molar refractivity (Wildman–Crippen MR) is 113 cm³/mol. The smallest absolute Gasteiger partial charge is 0.261 e.